The molecule has 0 aromatic heterocycles. The predicted molar refractivity (Wildman–Crippen MR) is 64.0 cm³/mol. The third-order valence-corrected chi connectivity index (χ3v) is 4.95. The maximum Gasteiger partial charge on any atom is 0.0348 e. The lowest BCUT2D eigenvalue weighted by atomic mass is 10.0. The average Bonchev–Trinajstić information content (AvgIpc) is 2.12. The summed E-state index contributed by atoms with van der Waals surface area (Å²) in [6.07, 6.45) is 2.83. The minimum atomic E-state index is 0.825. The Kier molecular flexibility index (Phi) is 3.74. The van der Waals surface area contributed by atoms with Gasteiger partial charge in [-0.15, -0.1) is 0 Å². The SMILES string of the molecule is CCN(C1CNC1)C1CCCSC1C. The monoisotopic (exact) mass is 214 g/mol. The van der Waals surface area contributed by atoms with Crippen molar-refractivity contribution in [1.82, 2.24) is 10.2 Å². The molecule has 0 amide bonds. The number of nitrogens with one attached hydrogen (secondary N) is 1. The first-order valence-corrected chi connectivity index (χ1v) is 6.96. The molecule has 0 aliphatic carbocycles. The highest BCUT2D eigenvalue weighted by atomic mass is 32.2. The van der Waals surface area contributed by atoms with Gasteiger partial charge in [0.1, 0.15) is 0 Å². The van der Waals surface area contributed by atoms with Crippen LogP contribution in [0.15, 0.2) is 0 Å². The van der Waals surface area contributed by atoms with Crippen molar-refractivity contribution in [2.24, 2.45) is 0 Å². The molecule has 2 heterocycles. The summed E-state index contributed by atoms with van der Waals surface area (Å²) < 4.78 is 0. The van der Waals surface area contributed by atoms with Crippen LogP contribution in [0.1, 0.15) is 26.7 Å². The highest BCUT2D eigenvalue weighted by molar-refractivity contribution is 7.99. The molecule has 0 bridgehead atoms. The fourth-order valence-electron chi connectivity index (χ4n) is 2.61. The standard InChI is InChI=1S/C11H22N2S/c1-3-13(10-7-12-8-10)11-5-4-6-14-9(11)2/h9-12H,3-8H2,1-2H3. The van der Waals surface area contributed by atoms with Gasteiger partial charge in [0.05, 0.1) is 0 Å². The van der Waals surface area contributed by atoms with E-state index >= 15 is 0 Å². The first-order valence-electron chi connectivity index (χ1n) is 5.91. The molecule has 0 saturated carbocycles. The maximum atomic E-state index is 3.38. The second-order valence-electron chi connectivity index (χ2n) is 4.43. The Morgan fingerprint density at radius 1 is 1.43 bits per heavy atom. The maximum absolute atomic E-state index is 3.38. The largest absolute Gasteiger partial charge is 0.314 e. The van der Waals surface area contributed by atoms with E-state index in [0.29, 0.717) is 0 Å². The smallest absolute Gasteiger partial charge is 0.0348 e. The molecule has 3 heteroatoms. The van der Waals surface area contributed by atoms with Crippen LogP contribution in [0.2, 0.25) is 0 Å². The molecule has 2 aliphatic rings. The van der Waals surface area contributed by atoms with Gasteiger partial charge in [-0.05, 0) is 25.1 Å². The molecule has 2 nitrogen and oxygen atoms in total. The Morgan fingerprint density at radius 3 is 2.71 bits per heavy atom. The van der Waals surface area contributed by atoms with E-state index in [2.05, 4.69) is 35.8 Å². The molecule has 14 heavy (non-hydrogen) atoms. The number of hydrogen-bond donors (Lipinski definition) is 1. The van der Waals surface area contributed by atoms with Crippen molar-refractivity contribution in [3.05, 3.63) is 0 Å². The minimum absolute atomic E-state index is 0.825. The van der Waals surface area contributed by atoms with E-state index < -0.39 is 0 Å². The summed E-state index contributed by atoms with van der Waals surface area (Å²) in [4.78, 5) is 2.73. The van der Waals surface area contributed by atoms with Crippen LogP contribution < -0.4 is 5.32 Å². The number of rotatable bonds is 3. The molecule has 0 spiro atoms. The van der Waals surface area contributed by atoms with Crippen molar-refractivity contribution < 1.29 is 0 Å². The summed E-state index contributed by atoms with van der Waals surface area (Å²) >= 11 is 2.16. The number of nitrogens with zero attached hydrogens (tertiary/aromatic N) is 1. The molecular formula is C11H22N2S. The minimum Gasteiger partial charge on any atom is -0.314 e. The lowest BCUT2D eigenvalue weighted by Gasteiger charge is -2.46. The second-order valence-corrected chi connectivity index (χ2v) is 5.91. The van der Waals surface area contributed by atoms with Crippen molar-refractivity contribution in [3.63, 3.8) is 0 Å². The van der Waals surface area contributed by atoms with Crippen molar-refractivity contribution in [1.29, 1.82) is 0 Å². The van der Waals surface area contributed by atoms with Crippen LogP contribution in [-0.4, -0.2) is 47.6 Å². The second kappa shape index (κ2) is 4.86. The van der Waals surface area contributed by atoms with Crippen LogP contribution in [0.4, 0.5) is 0 Å². The fraction of sp³-hybridized carbons (Fsp3) is 1.00. The molecule has 82 valence electrons. The Hall–Kier alpha value is 0.270. The molecule has 2 fully saturated rings. The van der Waals surface area contributed by atoms with Crippen LogP contribution in [0.3, 0.4) is 0 Å². The quantitative estimate of drug-likeness (QED) is 0.767. The Balaban J connectivity index is 1.94. The lowest BCUT2D eigenvalue weighted by Crippen LogP contribution is -2.61. The van der Waals surface area contributed by atoms with E-state index in [0.717, 1.165) is 17.3 Å². The molecule has 2 atom stereocenters. The summed E-state index contributed by atoms with van der Waals surface area (Å²) in [5.41, 5.74) is 0. The van der Waals surface area contributed by atoms with Crippen molar-refractivity contribution in [2.75, 3.05) is 25.4 Å². The van der Waals surface area contributed by atoms with Crippen molar-refractivity contribution in [2.45, 2.75) is 44.0 Å². The zero-order valence-electron chi connectivity index (χ0n) is 9.33. The van der Waals surface area contributed by atoms with Crippen LogP contribution in [-0.2, 0) is 0 Å². The first kappa shape index (κ1) is 10.8. The molecule has 2 saturated heterocycles. The van der Waals surface area contributed by atoms with Crippen molar-refractivity contribution >= 4 is 11.8 Å². The third kappa shape index (κ3) is 2.10. The number of thioether (sulfide) groups is 1. The number of likely N-dealkylation sites (N-methyl/N-ethyl adjacent to an activating group) is 1. The average molecular weight is 214 g/mol. The molecule has 1 N–H and O–H groups in total. The summed E-state index contributed by atoms with van der Waals surface area (Å²) in [5.74, 6) is 1.37. The van der Waals surface area contributed by atoms with Gasteiger partial charge in [-0.1, -0.05) is 13.8 Å². The van der Waals surface area contributed by atoms with Gasteiger partial charge in [-0.2, -0.15) is 11.8 Å². The van der Waals surface area contributed by atoms with E-state index in [-0.39, 0.29) is 0 Å². The van der Waals surface area contributed by atoms with Gasteiger partial charge >= 0.3 is 0 Å². The van der Waals surface area contributed by atoms with E-state index in [1.807, 2.05) is 0 Å². The topological polar surface area (TPSA) is 15.3 Å². The first-order chi connectivity index (χ1) is 6.83. The van der Waals surface area contributed by atoms with Gasteiger partial charge in [0.2, 0.25) is 0 Å². The van der Waals surface area contributed by atoms with Gasteiger partial charge in [-0.3, -0.25) is 4.90 Å². The molecule has 2 unspecified atom stereocenters. The zero-order valence-corrected chi connectivity index (χ0v) is 10.1. The van der Waals surface area contributed by atoms with Crippen molar-refractivity contribution in [3.8, 4) is 0 Å². The van der Waals surface area contributed by atoms with Gasteiger partial charge < -0.3 is 5.32 Å². The van der Waals surface area contributed by atoms with Crippen LogP contribution in [0.5, 0.6) is 0 Å². The third-order valence-electron chi connectivity index (χ3n) is 3.59. The van der Waals surface area contributed by atoms with E-state index in [4.69, 9.17) is 0 Å². The molecule has 0 radical (unpaired) electrons. The van der Waals surface area contributed by atoms with E-state index in [1.54, 1.807) is 0 Å². The fourth-order valence-corrected chi connectivity index (χ4v) is 3.83. The van der Waals surface area contributed by atoms with Gasteiger partial charge in [0.15, 0.2) is 0 Å². The van der Waals surface area contributed by atoms with Crippen LogP contribution in [0.25, 0.3) is 0 Å². The molecule has 0 aromatic carbocycles. The molecular weight excluding hydrogens is 192 g/mol. The lowest BCUT2D eigenvalue weighted by molar-refractivity contribution is 0.0940. The Morgan fingerprint density at radius 2 is 2.21 bits per heavy atom. The van der Waals surface area contributed by atoms with Crippen LogP contribution in [0, 0.1) is 0 Å². The van der Waals surface area contributed by atoms with Gasteiger partial charge in [0, 0.05) is 30.4 Å². The summed E-state index contributed by atoms with van der Waals surface area (Å²) in [7, 11) is 0. The molecule has 2 aliphatic heterocycles. The highest BCUT2D eigenvalue weighted by Crippen LogP contribution is 2.30. The van der Waals surface area contributed by atoms with E-state index in [1.165, 1.54) is 38.2 Å². The molecule has 2 rings (SSSR count). The van der Waals surface area contributed by atoms with Gasteiger partial charge in [-0.25, -0.2) is 0 Å². The Bertz CT molecular complexity index is 180. The molecule has 0 aromatic rings. The summed E-state index contributed by atoms with van der Waals surface area (Å²) in [6, 6.07) is 1.66. The Labute approximate surface area is 91.8 Å². The number of hydrogen-bond acceptors (Lipinski definition) is 3. The summed E-state index contributed by atoms with van der Waals surface area (Å²) in [5, 5.41) is 4.22. The van der Waals surface area contributed by atoms with Crippen LogP contribution >= 0.6 is 11.8 Å². The zero-order chi connectivity index (χ0) is 9.97. The summed E-state index contributed by atoms with van der Waals surface area (Å²) in [6.45, 7) is 8.36. The van der Waals surface area contributed by atoms with E-state index in [9.17, 15) is 0 Å². The normalized spacial score (nSPS) is 34.5. The predicted octanol–water partition coefficient (Wildman–Crippen LogP) is 1.56. The highest BCUT2D eigenvalue weighted by Gasteiger charge is 2.33. The van der Waals surface area contributed by atoms with Gasteiger partial charge in [0.25, 0.3) is 0 Å².